The van der Waals surface area contributed by atoms with Gasteiger partial charge in [0.15, 0.2) is 0 Å². The SMILES string of the molecule is Cc1nc(CSc2ccc(C(=O)N3CCCC3(C)C(=O)O)cc2)cs1. The molecule has 1 fully saturated rings. The van der Waals surface area contributed by atoms with E-state index in [2.05, 4.69) is 10.4 Å². The fraction of sp³-hybridized carbons (Fsp3) is 0.389. The van der Waals surface area contributed by atoms with E-state index in [0.717, 1.165) is 27.8 Å². The lowest BCUT2D eigenvalue weighted by atomic mass is 9.98. The molecular formula is C18H20N2O3S2. The molecule has 1 amide bonds. The zero-order chi connectivity index (χ0) is 18.0. The zero-order valence-electron chi connectivity index (χ0n) is 14.2. The van der Waals surface area contributed by atoms with Gasteiger partial charge in [-0.15, -0.1) is 23.1 Å². The number of carbonyl (C=O) groups is 2. The van der Waals surface area contributed by atoms with Crippen molar-refractivity contribution in [1.82, 2.24) is 9.88 Å². The molecule has 0 bridgehead atoms. The number of nitrogens with zero attached hydrogens (tertiary/aromatic N) is 2. The predicted molar refractivity (Wildman–Crippen MR) is 99.2 cm³/mol. The highest BCUT2D eigenvalue weighted by Gasteiger charge is 2.46. The minimum atomic E-state index is -1.10. The van der Waals surface area contributed by atoms with Crippen molar-refractivity contribution in [1.29, 1.82) is 0 Å². The number of rotatable bonds is 5. The van der Waals surface area contributed by atoms with Crippen LogP contribution in [0.1, 0.15) is 40.8 Å². The maximum Gasteiger partial charge on any atom is 0.329 e. The molecule has 1 aliphatic heterocycles. The summed E-state index contributed by atoms with van der Waals surface area (Å²) in [4.78, 5) is 31.2. The summed E-state index contributed by atoms with van der Waals surface area (Å²) in [7, 11) is 0. The van der Waals surface area contributed by atoms with E-state index in [-0.39, 0.29) is 5.91 Å². The van der Waals surface area contributed by atoms with Crippen LogP contribution >= 0.6 is 23.1 Å². The number of benzene rings is 1. The first-order chi connectivity index (χ1) is 11.9. The van der Waals surface area contributed by atoms with Gasteiger partial charge in [0.05, 0.1) is 10.7 Å². The normalized spacial score (nSPS) is 20.0. The van der Waals surface area contributed by atoms with E-state index in [9.17, 15) is 14.7 Å². The van der Waals surface area contributed by atoms with Crippen molar-refractivity contribution < 1.29 is 14.7 Å². The van der Waals surface area contributed by atoms with Crippen LogP contribution in [-0.4, -0.2) is 39.0 Å². The number of hydrogen-bond acceptors (Lipinski definition) is 5. The second-order valence-corrected chi connectivity index (χ2v) is 8.42. The zero-order valence-corrected chi connectivity index (χ0v) is 15.8. The molecule has 7 heteroatoms. The van der Waals surface area contributed by atoms with E-state index in [1.54, 1.807) is 42.2 Å². The summed E-state index contributed by atoms with van der Waals surface area (Å²) in [6.45, 7) is 4.10. The molecule has 1 N–H and O–H groups in total. The van der Waals surface area contributed by atoms with Crippen LogP contribution in [0.5, 0.6) is 0 Å². The van der Waals surface area contributed by atoms with E-state index in [1.807, 2.05) is 19.1 Å². The lowest BCUT2D eigenvalue weighted by molar-refractivity contribution is -0.147. The summed E-state index contributed by atoms with van der Waals surface area (Å²) in [6.07, 6.45) is 1.21. The number of carbonyl (C=O) groups excluding carboxylic acids is 1. The van der Waals surface area contributed by atoms with Crippen LogP contribution in [0.2, 0.25) is 0 Å². The summed E-state index contributed by atoms with van der Waals surface area (Å²) in [5.41, 5.74) is 0.484. The van der Waals surface area contributed by atoms with Crippen molar-refractivity contribution in [3.8, 4) is 0 Å². The molecule has 132 valence electrons. The Morgan fingerprint density at radius 2 is 2.08 bits per heavy atom. The molecule has 0 radical (unpaired) electrons. The van der Waals surface area contributed by atoms with Crippen LogP contribution in [0.4, 0.5) is 0 Å². The van der Waals surface area contributed by atoms with Crippen LogP contribution in [0, 0.1) is 6.92 Å². The number of aryl methyl sites for hydroxylation is 1. The summed E-state index contributed by atoms with van der Waals surface area (Å²) in [5.74, 6) is -0.362. The highest BCUT2D eigenvalue weighted by molar-refractivity contribution is 7.98. The first kappa shape index (κ1) is 17.9. The molecule has 0 saturated carbocycles. The van der Waals surface area contributed by atoms with Crippen molar-refractivity contribution in [2.45, 2.75) is 42.9 Å². The molecular weight excluding hydrogens is 356 g/mol. The minimum Gasteiger partial charge on any atom is -0.480 e. The molecule has 3 rings (SSSR count). The average Bonchev–Trinajstić information content (AvgIpc) is 3.19. The largest absolute Gasteiger partial charge is 0.480 e. The van der Waals surface area contributed by atoms with Crippen molar-refractivity contribution in [2.75, 3.05) is 6.54 Å². The number of carboxylic acids is 1. The first-order valence-electron chi connectivity index (χ1n) is 8.09. The second-order valence-electron chi connectivity index (χ2n) is 6.31. The molecule has 5 nitrogen and oxygen atoms in total. The van der Waals surface area contributed by atoms with Crippen LogP contribution < -0.4 is 0 Å². The van der Waals surface area contributed by atoms with Crippen LogP contribution in [0.25, 0.3) is 0 Å². The van der Waals surface area contributed by atoms with E-state index >= 15 is 0 Å². The fourth-order valence-corrected chi connectivity index (χ4v) is 4.50. The Labute approximate surface area is 155 Å². The van der Waals surface area contributed by atoms with Crippen molar-refractivity contribution in [2.24, 2.45) is 0 Å². The summed E-state index contributed by atoms with van der Waals surface area (Å²) < 4.78 is 0. The lowest BCUT2D eigenvalue weighted by Crippen LogP contribution is -2.50. The van der Waals surface area contributed by atoms with E-state index < -0.39 is 11.5 Å². The third kappa shape index (κ3) is 3.72. The maximum atomic E-state index is 12.7. The van der Waals surface area contributed by atoms with Crippen molar-refractivity contribution in [3.05, 3.63) is 45.9 Å². The van der Waals surface area contributed by atoms with E-state index in [4.69, 9.17) is 0 Å². The number of aromatic nitrogens is 1. The topological polar surface area (TPSA) is 70.5 Å². The van der Waals surface area contributed by atoms with Crippen molar-refractivity contribution >= 4 is 35.0 Å². The number of thiazole rings is 1. The van der Waals surface area contributed by atoms with Gasteiger partial charge in [-0.25, -0.2) is 9.78 Å². The van der Waals surface area contributed by atoms with Gasteiger partial charge in [-0.05, 0) is 51.0 Å². The number of hydrogen-bond donors (Lipinski definition) is 1. The number of carboxylic acid groups (broad SMARTS) is 1. The molecule has 1 atom stereocenters. The van der Waals surface area contributed by atoms with Gasteiger partial charge in [0.25, 0.3) is 5.91 Å². The van der Waals surface area contributed by atoms with Crippen LogP contribution in [0.15, 0.2) is 34.5 Å². The molecule has 2 aromatic rings. The third-order valence-corrected chi connectivity index (χ3v) is 6.37. The Hall–Kier alpha value is -1.86. The van der Waals surface area contributed by atoms with Crippen molar-refractivity contribution in [3.63, 3.8) is 0 Å². The molecule has 1 unspecified atom stereocenters. The van der Waals surface area contributed by atoms with Gasteiger partial charge in [-0.3, -0.25) is 4.79 Å². The summed E-state index contributed by atoms with van der Waals surface area (Å²) in [5, 5.41) is 12.6. The lowest BCUT2D eigenvalue weighted by Gasteiger charge is -2.31. The van der Waals surface area contributed by atoms with E-state index in [1.165, 1.54) is 4.90 Å². The van der Waals surface area contributed by atoms with Gasteiger partial charge < -0.3 is 10.0 Å². The van der Waals surface area contributed by atoms with Gasteiger partial charge in [0.1, 0.15) is 5.54 Å². The van der Waals surface area contributed by atoms with Crippen LogP contribution in [0.3, 0.4) is 0 Å². The van der Waals surface area contributed by atoms with Gasteiger partial charge in [0.2, 0.25) is 0 Å². The summed E-state index contributed by atoms with van der Waals surface area (Å²) in [6, 6.07) is 7.37. The van der Waals surface area contributed by atoms with Gasteiger partial charge in [-0.1, -0.05) is 0 Å². The van der Waals surface area contributed by atoms with Crippen LogP contribution in [-0.2, 0) is 10.5 Å². The number of amides is 1. The Morgan fingerprint density at radius 3 is 2.68 bits per heavy atom. The smallest absolute Gasteiger partial charge is 0.329 e. The molecule has 1 saturated heterocycles. The minimum absolute atomic E-state index is 0.214. The molecule has 0 aliphatic carbocycles. The second kappa shape index (κ2) is 7.17. The third-order valence-electron chi connectivity index (χ3n) is 4.50. The molecule has 1 aliphatic rings. The molecule has 25 heavy (non-hydrogen) atoms. The number of thioether (sulfide) groups is 1. The van der Waals surface area contributed by atoms with E-state index in [0.29, 0.717) is 18.5 Å². The molecule has 1 aromatic carbocycles. The number of aliphatic carboxylic acids is 1. The quantitative estimate of drug-likeness (QED) is 0.803. The Bertz CT molecular complexity index is 788. The monoisotopic (exact) mass is 376 g/mol. The average molecular weight is 377 g/mol. The first-order valence-corrected chi connectivity index (χ1v) is 9.96. The van der Waals surface area contributed by atoms with Gasteiger partial charge >= 0.3 is 5.97 Å². The van der Waals surface area contributed by atoms with Gasteiger partial charge in [-0.2, -0.15) is 0 Å². The fourth-order valence-electron chi connectivity index (χ4n) is 2.99. The highest BCUT2D eigenvalue weighted by Crippen LogP contribution is 2.31. The predicted octanol–water partition coefficient (Wildman–Crippen LogP) is 3.82. The number of likely N-dealkylation sites (tertiary alicyclic amines) is 1. The Morgan fingerprint density at radius 1 is 1.36 bits per heavy atom. The molecule has 1 aromatic heterocycles. The highest BCUT2D eigenvalue weighted by atomic mass is 32.2. The Balaban J connectivity index is 1.67. The van der Waals surface area contributed by atoms with Gasteiger partial charge in [0, 0.05) is 28.1 Å². The molecule has 2 heterocycles. The maximum absolute atomic E-state index is 12.7. The standard InChI is InChI=1S/C18H20N2O3S2/c1-12-19-14(10-24-12)11-25-15-6-4-13(5-7-15)16(21)20-9-3-8-18(20,2)17(22)23/h4-7,10H,3,8-9,11H2,1-2H3,(H,22,23). The Kier molecular flexibility index (Phi) is 5.15. The molecule has 0 spiro atoms. The summed E-state index contributed by atoms with van der Waals surface area (Å²) >= 11 is 3.31.